The van der Waals surface area contributed by atoms with E-state index in [4.69, 9.17) is 4.74 Å². The maximum absolute atomic E-state index is 12.7. The van der Waals surface area contributed by atoms with Crippen molar-refractivity contribution in [2.45, 2.75) is 38.8 Å². The quantitative estimate of drug-likeness (QED) is 0.481. The Morgan fingerprint density at radius 3 is 2.41 bits per heavy atom. The number of carbonyl (C=O) groups excluding carboxylic acids is 1. The van der Waals surface area contributed by atoms with E-state index in [-0.39, 0.29) is 24.0 Å². The number of ether oxygens (including phenoxy) is 1. The second kappa shape index (κ2) is 10.7. The van der Waals surface area contributed by atoms with Gasteiger partial charge in [-0.2, -0.15) is 4.31 Å². The molecule has 0 aliphatic heterocycles. The monoisotopic (exact) mass is 473 g/mol. The number of thiazole rings is 1. The Labute approximate surface area is 193 Å². The lowest BCUT2D eigenvalue weighted by atomic mass is 10.1. The number of hydrogen-bond acceptors (Lipinski definition) is 6. The molecule has 1 amide bonds. The van der Waals surface area contributed by atoms with Gasteiger partial charge in [-0.1, -0.05) is 38.1 Å². The molecule has 1 N–H and O–H groups in total. The average Bonchev–Trinajstić information content (AvgIpc) is 3.22. The molecule has 0 saturated carbocycles. The lowest BCUT2D eigenvalue weighted by Gasteiger charge is -2.18. The summed E-state index contributed by atoms with van der Waals surface area (Å²) in [4.78, 5) is 17.4. The van der Waals surface area contributed by atoms with Crippen LogP contribution in [0.2, 0.25) is 0 Å². The number of hydrogen-bond donors (Lipinski definition) is 1. The zero-order valence-corrected chi connectivity index (χ0v) is 20.0. The van der Waals surface area contributed by atoms with Crippen molar-refractivity contribution in [3.8, 4) is 5.75 Å². The maximum Gasteiger partial charge on any atom is 0.255 e. The van der Waals surface area contributed by atoms with Crippen LogP contribution >= 0.6 is 11.3 Å². The smallest absolute Gasteiger partial charge is 0.255 e. The van der Waals surface area contributed by atoms with Crippen LogP contribution in [0.15, 0.2) is 58.8 Å². The van der Waals surface area contributed by atoms with Gasteiger partial charge in [0.2, 0.25) is 10.0 Å². The number of benzene rings is 2. The third-order valence-corrected chi connectivity index (χ3v) is 7.78. The summed E-state index contributed by atoms with van der Waals surface area (Å²) in [6.07, 6.45) is 0. The Balaban J connectivity index is 1.63. The van der Waals surface area contributed by atoms with Crippen LogP contribution in [0.4, 0.5) is 0 Å². The fourth-order valence-corrected chi connectivity index (χ4v) is 5.23. The van der Waals surface area contributed by atoms with Crippen LogP contribution in [0.1, 0.15) is 40.5 Å². The van der Waals surface area contributed by atoms with Gasteiger partial charge in [0, 0.05) is 25.0 Å². The van der Waals surface area contributed by atoms with Crippen molar-refractivity contribution in [2.75, 3.05) is 13.1 Å². The third kappa shape index (κ3) is 5.73. The van der Waals surface area contributed by atoms with Gasteiger partial charge in [-0.15, -0.1) is 11.3 Å². The Morgan fingerprint density at radius 1 is 1.09 bits per heavy atom. The first-order chi connectivity index (χ1) is 15.3. The molecule has 7 nitrogen and oxygen atoms in total. The van der Waals surface area contributed by atoms with E-state index in [1.54, 1.807) is 53.8 Å². The van der Waals surface area contributed by atoms with Crippen LogP contribution in [-0.4, -0.2) is 36.7 Å². The Kier molecular flexibility index (Phi) is 8.00. The molecule has 0 bridgehead atoms. The second-order valence-electron chi connectivity index (χ2n) is 7.06. The van der Waals surface area contributed by atoms with E-state index < -0.39 is 10.0 Å². The van der Waals surface area contributed by atoms with Crippen LogP contribution < -0.4 is 10.1 Å². The standard InChI is InChI=1S/C23H27N3O4S2/c1-4-26(5-2)32(28,29)20-12-10-18(11-13-20)14-24-23(27)21-8-6-7-9-22(21)30-15-19-16-31-17(3)25-19/h6-13,16H,4-5,14-15H2,1-3H3,(H,24,27). The molecule has 0 aliphatic carbocycles. The first-order valence-corrected chi connectivity index (χ1v) is 12.7. The summed E-state index contributed by atoms with van der Waals surface area (Å²) < 4.78 is 32.4. The lowest BCUT2D eigenvalue weighted by molar-refractivity contribution is 0.0946. The lowest BCUT2D eigenvalue weighted by Crippen LogP contribution is -2.30. The number of para-hydroxylation sites is 1. The molecule has 0 atom stereocenters. The van der Waals surface area contributed by atoms with Gasteiger partial charge in [-0.25, -0.2) is 13.4 Å². The molecule has 3 aromatic rings. The van der Waals surface area contributed by atoms with E-state index in [9.17, 15) is 13.2 Å². The highest BCUT2D eigenvalue weighted by Gasteiger charge is 2.21. The molecule has 32 heavy (non-hydrogen) atoms. The molecule has 0 fully saturated rings. The van der Waals surface area contributed by atoms with Crippen molar-refractivity contribution in [1.29, 1.82) is 0 Å². The van der Waals surface area contributed by atoms with Crippen LogP contribution in [-0.2, 0) is 23.2 Å². The van der Waals surface area contributed by atoms with E-state index >= 15 is 0 Å². The molecule has 1 aromatic heterocycles. The van der Waals surface area contributed by atoms with Crippen LogP contribution in [0.3, 0.4) is 0 Å². The van der Waals surface area contributed by atoms with Crippen LogP contribution in [0.25, 0.3) is 0 Å². The summed E-state index contributed by atoms with van der Waals surface area (Å²) in [6, 6.07) is 13.6. The summed E-state index contributed by atoms with van der Waals surface area (Å²) in [5.41, 5.74) is 2.05. The first kappa shape index (κ1) is 23.9. The van der Waals surface area contributed by atoms with E-state index in [0.29, 0.717) is 24.4 Å². The molecule has 1 heterocycles. The summed E-state index contributed by atoms with van der Waals surface area (Å²) >= 11 is 1.55. The van der Waals surface area contributed by atoms with Gasteiger partial charge in [-0.3, -0.25) is 4.79 Å². The van der Waals surface area contributed by atoms with Crippen molar-refractivity contribution in [3.05, 3.63) is 75.7 Å². The zero-order valence-electron chi connectivity index (χ0n) is 18.4. The number of amides is 1. The van der Waals surface area contributed by atoms with Gasteiger partial charge in [0.25, 0.3) is 5.91 Å². The minimum Gasteiger partial charge on any atom is -0.486 e. The summed E-state index contributed by atoms with van der Waals surface area (Å²) in [6.45, 7) is 6.94. The predicted octanol–water partition coefficient (Wildman–Crippen LogP) is 3.99. The van der Waals surface area contributed by atoms with Crippen LogP contribution in [0, 0.1) is 6.92 Å². The Morgan fingerprint density at radius 2 is 1.78 bits per heavy atom. The molecule has 2 aromatic carbocycles. The van der Waals surface area contributed by atoms with Crippen molar-refractivity contribution in [2.24, 2.45) is 0 Å². The van der Waals surface area contributed by atoms with Gasteiger partial charge in [-0.05, 0) is 36.8 Å². The Bertz CT molecular complexity index is 1150. The number of rotatable bonds is 10. The fraction of sp³-hybridized carbons (Fsp3) is 0.304. The zero-order chi connectivity index (χ0) is 23.1. The van der Waals surface area contributed by atoms with Crippen molar-refractivity contribution in [3.63, 3.8) is 0 Å². The number of carbonyl (C=O) groups is 1. The number of sulfonamides is 1. The Hall–Kier alpha value is -2.75. The van der Waals surface area contributed by atoms with Gasteiger partial charge >= 0.3 is 0 Å². The van der Waals surface area contributed by atoms with Crippen molar-refractivity contribution < 1.29 is 17.9 Å². The van der Waals surface area contributed by atoms with E-state index in [0.717, 1.165) is 16.3 Å². The number of nitrogens with zero attached hydrogens (tertiary/aromatic N) is 2. The van der Waals surface area contributed by atoms with E-state index in [1.807, 2.05) is 32.2 Å². The van der Waals surface area contributed by atoms with Gasteiger partial charge in [0.05, 0.1) is 21.2 Å². The normalized spacial score (nSPS) is 11.5. The minimum atomic E-state index is -3.50. The molecule has 0 radical (unpaired) electrons. The first-order valence-electron chi connectivity index (χ1n) is 10.3. The van der Waals surface area contributed by atoms with E-state index in [1.165, 1.54) is 4.31 Å². The van der Waals surface area contributed by atoms with Gasteiger partial charge in [0.1, 0.15) is 12.4 Å². The second-order valence-corrected chi connectivity index (χ2v) is 10.1. The highest BCUT2D eigenvalue weighted by Crippen LogP contribution is 2.21. The molecule has 0 aliphatic rings. The van der Waals surface area contributed by atoms with Crippen molar-refractivity contribution in [1.82, 2.24) is 14.6 Å². The highest BCUT2D eigenvalue weighted by molar-refractivity contribution is 7.89. The molecule has 0 unspecified atom stereocenters. The average molecular weight is 474 g/mol. The van der Waals surface area contributed by atoms with Gasteiger partial charge in [0.15, 0.2) is 0 Å². The van der Waals surface area contributed by atoms with Crippen LogP contribution in [0.5, 0.6) is 5.75 Å². The molecule has 0 spiro atoms. The maximum atomic E-state index is 12.7. The number of aryl methyl sites for hydroxylation is 1. The summed E-state index contributed by atoms with van der Waals surface area (Å²) in [7, 11) is -3.50. The van der Waals surface area contributed by atoms with Gasteiger partial charge < -0.3 is 10.1 Å². The largest absolute Gasteiger partial charge is 0.486 e. The summed E-state index contributed by atoms with van der Waals surface area (Å²) in [5, 5.41) is 5.77. The molecule has 0 saturated heterocycles. The number of nitrogens with one attached hydrogen (secondary N) is 1. The number of aromatic nitrogens is 1. The fourth-order valence-electron chi connectivity index (χ4n) is 3.18. The van der Waals surface area contributed by atoms with E-state index in [2.05, 4.69) is 10.3 Å². The highest BCUT2D eigenvalue weighted by atomic mass is 32.2. The summed E-state index contributed by atoms with van der Waals surface area (Å²) in [5.74, 6) is 0.214. The van der Waals surface area contributed by atoms with Crippen molar-refractivity contribution >= 4 is 27.3 Å². The molecule has 3 rings (SSSR count). The predicted molar refractivity (Wildman–Crippen MR) is 125 cm³/mol. The molecule has 170 valence electrons. The molecular formula is C23H27N3O4S2. The topological polar surface area (TPSA) is 88.6 Å². The SMILES string of the molecule is CCN(CC)S(=O)(=O)c1ccc(CNC(=O)c2ccccc2OCc2csc(C)n2)cc1. The molecule has 9 heteroatoms. The third-order valence-electron chi connectivity index (χ3n) is 4.89. The minimum absolute atomic E-state index is 0.243. The molecular weight excluding hydrogens is 446 g/mol.